The number of piperidine rings is 2. The molecule has 0 saturated carbocycles. The number of anilines is 1. The molecule has 2 unspecified atom stereocenters. The molecule has 0 bridgehead atoms. The van der Waals surface area contributed by atoms with Crippen LogP contribution >= 0.6 is 0 Å². The average Bonchev–Trinajstić information content (AvgIpc) is 3.48. The Bertz CT molecular complexity index is 1190. The number of hydrogen-bond donors (Lipinski definition) is 2. The van der Waals surface area contributed by atoms with Crippen LogP contribution in [0.2, 0.25) is 0 Å². The summed E-state index contributed by atoms with van der Waals surface area (Å²) in [5.41, 5.74) is 3.53. The molecule has 4 heterocycles. The van der Waals surface area contributed by atoms with Gasteiger partial charge in [-0.25, -0.2) is 0 Å². The maximum Gasteiger partial charge on any atom is 0.196 e. The van der Waals surface area contributed by atoms with Gasteiger partial charge >= 0.3 is 0 Å². The number of nitrogens with one attached hydrogen (secondary N) is 1. The third-order valence-corrected chi connectivity index (χ3v) is 7.91. The SMILES string of the molecule is OC1CC(c2c[nH]c3ccccc23)CCN1CCC1CCN(c2cc3ccccc3o2)CC1. The van der Waals surface area contributed by atoms with Gasteiger partial charge in [0.2, 0.25) is 0 Å². The fraction of sp³-hybridized carbons (Fsp3) is 0.429. The number of rotatable bonds is 5. The first-order chi connectivity index (χ1) is 16.2. The molecule has 0 radical (unpaired) electrons. The number of nitrogens with zero attached hydrogens (tertiary/aromatic N) is 2. The summed E-state index contributed by atoms with van der Waals surface area (Å²) in [5.74, 6) is 2.16. The fourth-order valence-corrected chi connectivity index (χ4v) is 5.88. The smallest absolute Gasteiger partial charge is 0.196 e. The van der Waals surface area contributed by atoms with E-state index in [9.17, 15) is 5.11 Å². The number of para-hydroxylation sites is 2. The van der Waals surface area contributed by atoms with Crippen molar-refractivity contribution in [1.82, 2.24) is 9.88 Å². The van der Waals surface area contributed by atoms with E-state index in [1.807, 2.05) is 12.1 Å². The predicted octanol–water partition coefficient (Wildman–Crippen LogP) is 5.72. The third kappa shape index (κ3) is 4.16. The van der Waals surface area contributed by atoms with E-state index in [4.69, 9.17) is 4.42 Å². The average molecular weight is 444 g/mol. The zero-order valence-corrected chi connectivity index (χ0v) is 19.1. The van der Waals surface area contributed by atoms with E-state index in [0.717, 1.165) is 56.4 Å². The van der Waals surface area contributed by atoms with Crippen molar-refractivity contribution in [2.75, 3.05) is 31.1 Å². The molecule has 2 N–H and O–H groups in total. The zero-order valence-electron chi connectivity index (χ0n) is 19.1. The maximum absolute atomic E-state index is 10.9. The molecule has 172 valence electrons. The van der Waals surface area contributed by atoms with Gasteiger partial charge in [0.25, 0.3) is 0 Å². The van der Waals surface area contributed by atoms with Crippen molar-refractivity contribution in [2.24, 2.45) is 5.92 Å². The summed E-state index contributed by atoms with van der Waals surface area (Å²) < 4.78 is 6.06. The number of aliphatic hydroxyl groups is 1. The molecule has 6 rings (SSSR count). The lowest BCUT2D eigenvalue weighted by Gasteiger charge is -2.38. The van der Waals surface area contributed by atoms with Crippen LogP contribution in [0.1, 0.15) is 43.6 Å². The second kappa shape index (κ2) is 8.88. The Hall–Kier alpha value is -2.76. The molecule has 0 amide bonds. The van der Waals surface area contributed by atoms with Gasteiger partial charge in [0, 0.05) is 54.7 Å². The van der Waals surface area contributed by atoms with Gasteiger partial charge in [-0.2, -0.15) is 0 Å². The Morgan fingerprint density at radius 2 is 1.79 bits per heavy atom. The lowest BCUT2D eigenvalue weighted by Crippen LogP contribution is -2.43. The molecular formula is C28H33N3O2. The summed E-state index contributed by atoms with van der Waals surface area (Å²) in [5, 5.41) is 13.4. The van der Waals surface area contributed by atoms with E-state index in [0.29, 0.717) is 5.92 Å². The molecule has 0 spiro atoms. The molecule has 2 atom stereocenters. The van der Waals surface area contributed by atoms with Crippen molar-refractivity contribution in [1.29, 1.82) is 0 Å². The van der Waals surface area contributed by atoms with Gasteiger partial charge in [-0.05, 0) is 61.6 Å². The molecular weight excluding hydrogens is 410 g/mol. The van der Waals surface area contributed by atoms with Crippen molar-refractivity contribution in [3.05, 3.63) is 66.4 Å². The number of furan rings is 1. The first kappa shape index (κ1) is 20.8. The fourth-order valence-electron chi connectivity index (χ4n) is 5.88. The molecule has 33 heavy (non-hydrogen) atoms. The first-order valence-electron chi connectivity index (χ1n) is 12.5. The highest BCUT2D eigenvalue weighted by Crippen LogP contribution is 2.36. The van der Waals surface area contributed by atoms with E-state index < -0.39 is 0 Å². The van der Waals surface area contributed by atoms with Gasteiger partial charge < -0.3 is 19.4 Å². The van der Waals surface area contributed by atoms with E-state index in [-0.39, 0.29) is 6.23 Å². The van der Waals surface area contributed by atoms with Gasteiger partial charge in [0.05, 0.1) is 0 Å². The molecule has 2 fully saturated rings. The van der Waals surface area contributed by atoms with Crippen LogP contribution in [0.4, 0.5) is 5.88 Å². The second-order valence-corrected chi connectivity index (χ2v) is 9.87. The van der Waals surface area contributed by atoms with Crippen molar-refractivity contribution < 1.29 is 9.52 Å². The van der Waals surface area contributed by atoms with Gasteiger partial charge in [-0.1, -0.05) is 36.4 Å². The number of aliphatic hydroxyl groups excluding tert-OH is 1. The Balaban J connectivity index is 1.00. The third-order valence-electron chi connectivity index (χ3n) is 7.91. The number of hydrogen-bond acceptors (Lipinski definition) is 4. The minimum absolute atomic E-state index is 0.340. The van der Waals surface area contributed by atoms with Crippen LogP contribution in [0.3, 0.4) is 0 Å². The zero-order chi connectivity index (χ0) is 22.2. The Morgan fingerprint density at radius 3 is 2.64 bits per heavy atom. The summed E-state index contributed by atoms with van der Waals surface area (Å²) in [4.78, 5) is 8.09. The topological polar surface area (TPSA) is 55.6 Å². The summed E-state index contributed by atoms with van der Waals surface area (Å²) in [6.07, 6.45) is 7.30. The summed E-state index contributed by atoms with van der Waals surface area (Å²) in [6.45, 7) is 4.08. The molecule has 2 aromatic heterocycles. The number of fused-ring (bicyclic) bond motifs is 2. The predicted molar refractivity (Wildman–Crippen MR) is 134 cm³/mol. The van der Waals surface area contributed by atoms with Gasteiger partial charge in [0.1, 0.15) is 11.8 Å². The van der Waals surface area contributed by atoms with E-state index in [1.54, 1.807) is 0 Å². The van der Waals surface area contributed by atoms with Crippen LogP contribution < -0.4 is 4.90 Å². The van der Waals surface area contributed by atoms with Gasteiger partial charge in [0.15, 0.2) is 5.88 Å². The normalized spacial score (nSPS) is 23.0. The van der Waals surface area contributed by atoms with E-state index >= 15 is 0 Å². The molecule has 2 aliphatic heterocycles. The number of likely N-dealkylation sites (tertiary alicyclic amines) is 1. The molecule has 2 aliphatic rings. The van der Waals surface area contributed by atoms with Crippen LogP contribution in [-0.4, -0.2) is 47.4 Å². The van der Waals surface area contributed by atoms with E-state index in [1.165, 1.54) is 41.1 Å². The molecule has 5 nitrogen and oxygen atoms in total. The highest BCUT2D eigenvalue weighted by Gasteiger charge is 2.30. The minimum atomic E-state index is -0.340. The van der Waals surface area contributed by atoms with Crippen molar-refractivity contribution >= 4 is 27.8 Å². The number of H-pyrrole nitrogens is 1. The molecule has 4 aromatic rings. The van der Waals surface area contributed by atoms with Crippen molar-refractivity contribution in [3.8, 4) is 0 Å². The van der Waals surface area contributed by atoms with E-state index in [2.05, 4.69) is 63.4 Å². The Labute approximate surface area is 195 Å². The number of aromatic nitrogens is 1. The maximum atomic E-state index is 10.9. The second-order valence-electron chi connectivity index (χ2n) is 9.87. The van der Waals surface area contributed by atoms with Crippen LogP contribution in [0, 0.1) is 5.92 Å². The highest BCUT2D eigenvalue weighted by molar-refractivity contribution is 5.83. The summed E-state index contributed by atoms with van der Waals surface area (Å²) in [6, 6.07) is 18.9. The lowest BCUT2D eigenvalue weighted by atomic mass is 9.87. The van der Waals surface area contributed by atoms with Crippen molar-refractivity contribution in [3.63, 3.8) is 0 Å². The molecule has 2 saturated heterocycles. The summed E-state index contributed by atoms with van der Waals surface area (Å²) in [7, 11) is 0. The van der Waals surface area contributed by atoms with Crippen molar-refractivity contribution in [2.45, 2.75) is 44.2 Å². The van der Waals surface area contributed by atoms with Crippen LogP contribution in [-0.2, 0) is 0 Å². The quantitative estimate of drug-likeness (QED) is 0.414. The monoisotopic (exact) mass is 443 g/mol. The first-order valence-corrected chi connectivity index (χ1v) is 12.5. The molecule has 2 aromatic carbocycles. The largest absolute Gasteiger partial charge is 0.441 e. The van der Waals surface area contributed by atoms with Gasteiger partial charge in [-0.3, -0.25) is 4.90 Å². The standard InChI is InChI=1S/C28H33N3O2/c32-27-17-21(24-19-29-25-7-3-2-6-23(24)25)12-16-30(27)13-9-20-10-14-31(15-11-20)28-18-22-5-1-4-8-26(22)33-28/h1-8,18-21,27,29,32H,9-17H2. The van der Waals surface area contributed by atoms with Crippen LogP contribution in [0.25, 0.3) is 21.9 Å². The van der Waals surface area contributed by atoms with Crippen LogP contribution in [0.15, 0.2) is 65.2 Å². The lowest BCUT2D eigenvalue weighted by molar-refractivity contribution is -0.0334. The number of aromatic amines is 1. The molecule has 5 heteroatoms. The van der Waals surface area contributed by atoms with Crippen LogP contribution in [0.5, 0.6) is 0 Å². The number of benzene rings is 2. The minimum Gasteiger partial charge on any atom is -0.441 e. The molecule has 0 aliphatic carbocycles. The highest BCUT2D eigenvalue weighted by atomic mass is 16.4. The Morgan fingerprint density at radius 1 is 0.970 bits per heavy atom. The summed E-state index contributed by atoms with van der Waals surface area (Å²) >= 11 is 0. The van der Waals surface area contributed by atoms with Gasteiger partial charge in [-0.15, -0.1) is 0 Å². The Kier molecular flexibility index (Phi) is 5.60.